The molecule has 1 aliphatic heterocycles. The third-order valence-electron chi connectivity index (χ3n) is 5.44. The molecule has 3 aromatic rings. The number of benzene rings is 2. The molecule has 0 unspecified atom stereocenters. The smallest absolute Gasteiger partial charge is 0.347 e. The van der Waals surface area contributed by atoms with Crippen molar-refractivity contribution >= 4 is 40.8 Å². The number of carbonyl (C=O) groups is 1. The van der Waals surface area contributed by atoms with E-state index in [1.807, 2.05) is 24.3 Å². The van der Waals surface area contributed by atoms with Gasteiger partial charge in [0.25, 0.3) is 5.56 Å². The monoisotopic (exact) mass is 482 g/mol. The number of anilines is 1. The molecule has 33 heavy (non-hydrogen) atoms. The number of aromatic amines is 1. The number of ether oxygens (including phenoxy) is 1. The van der Waals surface area contributed by atoms with Gasteiger partial charge in [-0.2, -0.15) is 5.01 Å². The van der Waals surface area contributed by atoms with Crippen LogP contribution in [0.2, 0.25) is 10.0 Å². The maximum atomic E-state index is 12.4. The second-order valence-corrected chi connectivity index (χ2v) is 8.31. The minimum atomic E-state index is -0.567. The Morgan fingerprint density at radius 3 is 2.58 bits per heavy atom. The number of carbonyl (C=O) groups excluding carboxylic acids is 1. The van der Waals surface area contributed by atoms with E-state index in [-0.39, 0.29) is 50.4 Å². The number of hydrogen-bond acceptors (Lipinski definition) is 6. The van der Waals surface area contributed by atoms with Crippen molar-refractivity contribution in [2.24, 2.45) is 10.8 Å². The molecule has 11 heteroatoms. The molecule has 1 aliphatic carbocycles. The largest absolute Gasteiger partial charge is 0.434 e. The molecule has 5 rings (SSSR count). The van der Waals surface area contributed by atoms with Crippen LogP contribution in [0.4, 0.5) is 10.5 Å². The lowest BCUT2D eigenvalue weighted by molar-refractivity contribution is 0.248. The summed E-state index contributed by atoms with van der Waals surface area (Å²) in [6.45, 7) is 3.60. The predicted molar refractivity (Wildman–Crippen MR) is 125 cm³/mol. The normalized spacial score (nSPS) is 17.1. The van der Waals surface area contributed by atoms with Crippen LogP contribution >= 0.6 is 23.2 Å². The fourth-order valence-electron chi connectivity index (χ4n) is 3.75. The van der Waals surface area contributed by atoms with Gasteiger partial charge in [0, 0.05) is 17.5 Å². The molecule has 0 bridgehead atoms. The molecular formula is C22H16Cl2N6O3. The molecule has 166 valence electrons. The van der Waals surface area contributed by atoms with E-state index < -0.39 is 6.03 Å². The minimum Gasteiger partial charge on any atom is -0.434 e. The van der Waals surface area contributed by atoms with Gasteiger partial charge in [0.1, 0.15) is 0 Å². The Bertz CT molecular complexity index is 1390. The SMILES string of the molecule is C=C1NC(=O)N(c2cc(Cl)c(Oc3cc([C@@H]4Cc5ccccc54)c(=O)[nH]n3)c(Cl)c2)N=C1N. The molecule has 2 aromatic carbocycles. The average Bonchev–Trinajstić information content (AvgIpc) is 2.76. The van der Waals surface area contributed by atoms with E-state index in [2.05, 4.69) is 27.2 Å². The Hall–Kier alpha value is -3.82. The molecule has 9 nitrogen and oxygen atoms in total. The molecule has 0 fully saturated rings. The number of hydrogen-bond donors (Lipinski definition) is 3. The van der Waals surface area contributed by atoms with Gasteiger partial charge in [0.2, 0.25) is 5.88 Å². The summed E-state index contributed by atoms with van der Waals surface area (Å²) in [4.78, 5) is 24.6. The molecule has 2 heterocycles. The van der Waals surface area contributed by atoms with E-state index in [0.29, 0.717) is 5.56 Å². The molecule has 4 N–H and O–H groups in total. The van der Waals surface area contributed by atoms with Crippen LogP contribution < -0.4 is 26.4 Å². The van der Waals surface area contributed by atoms with E-state index in [0.717, 1.165) is 17.0 Å². The Morgan fingerprint density at radius 2 is 1.85 bits per heavy atom. The van der Waals surface area contributed by atoms with Gasteiger partial charge in [0.05, 0.1) is 21.4 Å². The lowest BCUT2D eigenvalue weighted by Gasteiger charge is -2.29. The molecule has 0 spiro atoms. The summed E-state index contributed by atoms with van der Waals surface area (Å²) in [5, 5.41) is 14.1. The van der Waals surface area contributed by atoms with Crippen molar-refractivity contribution in [2.45, 2.75) is 12.3 Å². The van der Waals surface area contributed by atoms with E-state index in [1.165, 1.54) is 17.7 Å². The van der Waals surface area contributed by atoms with Crippen molar-refractivity contribution in [2.75, 3.05) is 5.01 Å². The van der Waals surface area contributed by atoms with E-state index in [9.17, 15) is 9.59 Å². The Kier molecular flexibility index (Phi) is 5.07. The van der Waals surface area contributed by atoms with E-state index in [4.69, 9.17) is 33.7 Å². The van der Waals surface area contributed by atoms with Gasteiger partial charge >= 0.3 is 6.03 Å². The van der Waals surface area contributed by atoms with Crippen LogP contribution in [0.5, 0.6) is 11.6 Å². The van der Waals surface area contributed by atoms with E-state index >= 15 is 0 Å². The summed E-state index contributed by atoms with van der Waals surface area (Å²) >= 11 is 12.8. The predicted octanol–water partition coefficient (Wildman–Crippen LogP) is 3.87. The number of halogens is 2. The van der Waals surface area contributed by atoms with Crippen molar-refractivity contribution in [3.05, 3.63) is 91.8 Å². The Morgan fingerprint density at radius 1 is 1.12 bits per heavy atom. The zero-order valence-electron chi connectivity index (χ0n) is 16.9. The average molecular weight is 483 g/mol. The van der Waals surface area contributed by atoms with Crippen LogP contribution in [0.25, 0.3) is 0 Å². The molecule has 0 saturated carbocycles. The van der Waals surface area contributed by atoms with Gasteiger partial charge in [-0.25, -0.2) is 9.89 Å². The molecule has 2 aliphatic rings. The van der Waals surface area contributed by atoms with Gasteiger partial charge in [-0.15, -0.1) is 10.2 Å². The minimum absolute atomic E-state index is 0.0423. The Balaban J connectivity index is 1.44. The molecule has 1 aromatic heterocycles. The van der Waals surface area contributed by atoms with Crippen LogP contribution in [-0.2, 0) is 6.42 Å². The highest BCUT2D eigenvalue weighted by molar-refractivity contribution is 6.37. The maximum Gasteiger partial charge on any atom is 0.347 e. The standard InChI is InChI=1S/C22H16Cl2N6O3/c1-10-20(25)29-30(22(32)26-10)12-7-16(23)19(17(24)8-12)33-18-9-15(21(31)28-27-18)14-6-11-4-2-3-5-13(11)14/h2-5,7-9,14H,1,6H2,(H2,25,29)(H,26,32)(H,28,31)/t14-/m1/s1. The van der Waals surface area contributed by atoms with Crippen LogP contribution in [0.1, 0.15) is 22.6 Å². The van der Waals surface area contributed by atoms with Crippen LogP contribution in [0, 0.1) is 0 Å². The molecule has 2 amide bonds. The van der Waals surface area contributed by atoms with Crippen molar-refractivity contribution in [1.82, 2.24) is 15.5 Å². The number of aromatic nitrogens is 2. The number of fused-ring (bicyclic) bond motifs is 1. The third-order valence-corrected chi connectivity index (χ3v) is 6.00. The fraction of sp³-hybridized carbons (Fsp3) is 0.0909. The molecule has 1 atom stereocenters. The summed E-state index contributed by atoms with van der Waals surface area (Å²) < 4.78 is 5.81. The lowest BCUT2D eigenvalue weighted by Crippen LogP contribution is -2.45. The number of hydrazone groups is 1. The van der Waals surface area contributed by atoms with Crippen molar-refractivity contribution < 1.29 is 9.53 Å². The van der Waals surface area contributed by atoms with Crippen molar-refractivity contribution in [3.63, 3.8) is 0 Å². The van der Waals surface area contributed by atoms with Crippen LogP contribution in [-0.4, -0.2) is 22.1 Å². The number of nitrogens with zero attached hydrogens (tertiary/aromatic N) is 3. The highest BCUT2D eigenvalue weighted by Gasteiger charge is 2.30. The number of urea groups is 1. The number of nitrogens with one attached hydrogen (secondary N) is 2. The Labute approximate surface area is 197 Å². The van der Waals surface area contributed by atoms with Crippen LogP contribution in [0.3, 0.4) is 0 Å². The summed E-state index contributed by atoms with van der Waals surface area (Å²) in [5.41, 5.74) is 8.76. The third kappa shape index (κ3) is 3.71. The molecule has 0 saturated heterocycles. The fourth-order valence-corrected chi connectivity index (χ4v) is 4.31. The zero-order chi connectivity index (χ0) is 23.3. The quantitative estimate of drug-likeness (QED) is 0.520. The number of amides is 2. The highest BCUT2D eigenvalue weighted by Crippen LogP contribution is 2.42. The first-order valence-corrected chi connectivity index (χ1v) is 10.6. The van der Waals surface area contributed by atoms with Gasteiger partial charge in [-0.05, 0) is 29.7 Å². The number of rotatable bonds is 4. The van der Waals surface area contributed by atoms with Crippen molar-refractivity contribution in [1.29, 1.82) is 0 Å². The van der Waals surface area contributed by atoms with Gasteiger partial charge in [-0.1, -0.05) is 54.0 Å². The van der Waals surface area contributed by atoms with Gasteiger partial charge in [-0.3, -0.25) is 4.79 Å². The topological polar surface area (TPSA) is 126 Å². The number of H-pyrrole nitrogens is 1. The first-order chi connectivity index (χ1) is 15.8. The molecule has 0 radical (unpaired) electrons. The maximum absolute atomic E-state index is 12.4. The van der Waals surface area contributed by atoms with Crippen LogP contribution in [0.15, 0.2) is 64.6 Å². The number of nitrogens with two attached hydrogens (primary N) is 1. The molecular weight excluding hydrogens is 467 g/mol. The first-order valence-electron chi connectivity index (χ1n) is 9.80. The summed E-state index contributed by atoms with van der Waals surface area (Å²) in [6.07, 6.45) is 0.757. The van der Waals surface area contributed by atoms with E-state index in [1.54, 1.807) is 6.07 Å². The lowest BCUT2D eigenvalue weighted by atomic mass is 9.74. The second kappa shape index (κ2) is 7.95. The van der Waals surface area contributed by atoms with Gasteiger partial charge < -0.3 is 15.8 Å². The summed E-state index contributed by atoms with van der Waals surface area (Å²) in [7, 11) is 0. The first kappa shape index (κ1) is 21.0. The summed E-state index contributed by atoms with van der Waals surface area (Å²) in [6, 6.07) is 11.8. The van der Waals surface area contributed by atoms with Crippen molar-refractivity contribution in [3.8, 4) is 11.6 Å². The number of amidine groups is 1. The highest BCUT2D eigenvalue weighted by atomic mass is 35.5. The van der Waals surface area contributed by atoms with Gasteiger partial charge in [0.15, 0.2) is 11.6 Å². The zero-order valence-corrected chi connectivity index (χ0v) is 18.4. The summed E-state index contributed by atoms with van der Waals surface area (Å²) in [5.74, 6) is 0.240. The second-order valence-electron chi connectivity index (χ2n) is 7.49.